The van der Waals surface area contributed by atoms with Crippen LogP contribution in [-0.2, 0) is 9.09 Å². The van der Waals surface area contributed by atoms with Gasteiger partial charge in [-0.15, -0.1) is 0 Å². The molecule has 0 spiro atoms. The van der Waals surface area contributed by atoms with E-state index in [1.165, 1.54) is 87.0 Å². The fourth-order valence-corrected chi connectivity index (χ4v) is 7.72. The Bertz CT molecular complexity index is 1770. The first-order valence-corrected chi connectivity index (χ1v) is 26.8. The summed E-state index contributed by atoms with van der Waals surface area (Å²) in [7, 11) is -4.40. The van der Waals surface area contributed by atoms with Gasteiger partial charge in [0.05, 0.1) is 6.61 Å². The number of phosphoric acid groups is 1. The zero-order valence-corrected chi connectivity index (χ0v) is 45.2. The van der Waals surface area contributed by atoms with Gasteiger partial charge in [0, 0.05) is 0 Å². The number of rotatable bonds is 36. The average molecular weight is 915 g/mol. The third-order valence-electron chi connectivity index (χ3n) is 12.1. The Morgan fingerprint density at radius 3 is 0.600 bits per heavy atom. The molecule has 65 heavy (non-hydrogen) atoms. The van der Waals surface area contributed by atoms with Gasteiger partial charge < -0.3 is 9.79 Å². The fraction of sp³-hybridized carbons (Fsp3) is 0.600. The van der Waals surface area contributed by atoms with Crippen molar-refractivity contribution in [2.45, 2.75) is 231 Å². The van der Waals surface area contributed by atoms with E-state index in [-0.39, 0.29) is 6.61 Å². The van der Waals surface area contributed by atoms with Crippen molar-refractivity contribution in [1.82, 2.24) is 0 Å². The molecule has 0 unspecified atom stereocenters. The van der Waals surface area contributed by atoms with Crippen molar-refractivity contribution in [1.29, 1.82) is 0 Å². The van der Waals surface area contributed by atoms with Crippen LogP contribution in [0, 0.1) is 0 Å². The standard InChI is InChI=1S/C60H99O4P/c1-49(2)25-14-26-50(3)27-15-28-51(4)29-16-30-52(5)31-17-32-53(6)33-18-34-54(7)35-19-36-55(8)37-20-38-56(9)39-21-40-57(10)41-22-42-58(11)43-23-44-59(12)45-24-46-60(13)47-48-64-65(61,62)63/h25,27,29,31,33,35,37,39,41,43,45,47H,14-24,26,28,30,32,34,36,38,40,42,44,46,48H2,1-13H3,(H2,61,62,63)/b50-27-,51-29-,52-31-,53-33-,54-35-,55-37-,56-39-,57-41-,58-43-,59-45-,60-47-. The Morgan fingerprint density at radius 2 is 0.446 bits per heavy atom. The molecule has 0 fully saturated rings. The van der Waals surface area contributed by atoms with E-state index in [0.29, 0.717) is 0 Å². The summed E-state index contributed by atoms with van der Waals surface area (Å²) in [5, 5.41) is 0. The summed E-state index contributed by atoms with van der Waals surface area (Å²) in [6, 6.07) is 0. The lowest BCUT2D eigenvalue weighted by Gasteiger charge is -2.04. The molecule has 0 aromatic carbocycles. The second-order valence-corrected chi connectivity index (χ2v) is 20.8. The summed E-state index contributed by atoms with van der Waals surface area (Å²) in [6.45, 7) is 29.0. The maximum absolute atomic E-state index is 10.8. The quantitative estimate of drug-likeness (QED) is 0.0485. The number of phosphoric ester groups is 1. The molecule has 368 valence electrons. The van der Waals surface area contributed by atoms with Crippen molar-refractivity contribution in [3.63, 3.8) is 0 Å². The fourth-order valence-electron chi connectivity index (χ4n) is 7.45. The van der Waals surface area contributed by atoms with E-state index < -0.39 is 7.82 Å². The molecule has 4 nitrogen and oxygen atoms in total. The Kier molecular flexibility index (Phi) is 37.2. The minimum Gasteiger partial charge on any atom is -0.303 e. The topological polar surface area (TPSA) is 66.8 Å². The van der Waals surface area contributed by atoms with Gasteiger partial charge in [0.25, 0.3) is 0 Å². The second-order valence-electron chi connectivity index (χ2n) is 19.5. The van der Waals surface area contributed by atoms with Crippen LogP contribution in [0.4, 0.5) is 0 Å². The molecule has 0 saturated carbocycles. The van der Waals surface area contributed by atoms with Crippen LogP contribution in [0.25, 0.3) is 0 Å². The van der Waals surface area contributed by atoms with Crippen LogP contribution in [0.15, 0.2) is 140 Å². The molecule has 0 aliphatic carbocycles. The zero-order valence-electron chi connectivity index (χ0n) is 44.3. The maximum atomic E-state index is 10.8. The van der Waals surface area contributed by atoms with Gasteiger partial charge in [0.1, 0.15) is 0 Å². The molecule has 0 rings (SSSR count). The van der Waals surface area contributed by atoms with Crippen molar-refractivity contribution in [2.75, 3.05) is 6.61 Å². The maximum Gasteiger partial charge on any atom is 0.469 e. The van der Waals surface area contributed by atoms with Gasteiger partial charge in [-0.05, 0) is 231 Å². The van der Waals surface area contributed by atoms with Crippen molar-refractivity contribution in [2.24, 2.45) is 0 Å². The molecule has 0 heterocycles. The molecule has 0 aromatic rings. The monoisotopic (exact) mass is 915 g/mol. The summed E-state index contributed by atoms with van der Waals surface area (Å²) < 4.78 is 15.3. The highest BCUT2D eigenvalue weighted by molar-refractivity contribution is 7.46. The molecule has 2 N–H and O–H groups in total. The van der Waals surface area contributed by atoms with E-state index in [2.05, 4.69) is 154 Å². The van der Waals surface area contributed by atoms with Gasteiger partial charge in [0.15, 0.2) is 0 Å². The average Bonchev–Trinajstić information content (AvgIpc) is 3.20. The summed E-state index contributed by atoms with van der Waals surface area (Å²) in [5.74, 6) is 0. The van der Waals surface area contributed by atoms with Crippen molar-refractivity contribution < 1.29 is 18.9 Å². The Balaban J connectivity index is 4.29. The van der Waals surface area contributed by atoms with Crippen LogP contribution < -0.4 is 0 Å². The molecule has 0 aliphatic rings. The molecule has 0 amide bonds. The smallest absolute Gasteiger partial charge is 0.303 e. The molecule has 0 bridgehead atoms. The molecule has 0 atom stereocenters. The minimum absolute atomic E-state index is 0.0554. The van der Waals surface area contributed by atoms with Gasteiger partial charge in [0.2, 0.25) is 0 Å². The summed E-state index contributed by atoms with van der Waals surface area (Å²) in [6.07, 6.45) is 52.9. The highest BCUT2D eigenvalue weighted by atomic mass is 31.2. The first kappa shape index (κ1) is 62.0. The SMILES string of the molecule is CC(C)=CCC/C(C)=C\CC/C(C)=C\CC/C(C)=C\CC/C(C)=C\CC/C(C)=C\CC/C(C)=C\CC/C(C)=C\CC/C(C)=C\CC/C(C)=C\CC/C(C)=C\CC/C(C)=C\COP(=O)(O)O. The lowest BCUT2D eigenvalue weighted by atomic mass is 10.0. The number of hydrogen-bond acceptors (Lipinski definition) is 2. The normalized spacial score (nSPS) is 15.1. The Hall–Kier alpha value is -3.01. The van der Waals surface area contributed by atoms with E-state index in [1.54, 1.807) is 6.08 Å². The summed E-state index contributed by atoms with van der Waals surface area (Å²) in [5.41, 5.74) is 17.4. The third kappa shape index (κ3) is 43.3. The van der Waals surface area contributed by atoms with Gasteiger partial charge in [-0.2, -0.15) is 0 Å². The predicted molar refractivity (Wildman–Crippen MR) is 290 cm³/mol. The molecular weight excluding hydrogens is 816 g/mol. The van der Waals surface area contributed by atoms with Crippen LogP contribution in [0.1, 0.15) is 231 Å². The van der Waals surface area contributed by atoms with Crippen LogP contribution in [-0.4, -0.2) is 16.4 Å². The van der Waals surface area contributed by atoms with Crippen LogP contribution >= 0.6 is 7.82 Å². The van der Waals surface area contributed by atoms with Crippen LogP contribution in [0.2, 0.25) is 0 Å². The van der Waals surface area contributed by atoms with Gasteiger partial charge in [-0.25, -0.2) is 4.57 Å². The van der Waals surface area contributed by atoms with Crippen LogP contribution in [0.5, 0.6) is 0 Å². The highest BCUT2D eigenvalue weighted by Gasteiger charge is 2.11. The van der Waals surface area contributed by atoms with Crippen LogP contribution in [0.3, 0.4) is 0 Å². The van der Waals surface area contributed by atoms with E-state index in [9.17, 15) is 4.57 Å². The predicted octanol–water partition coefficient (Wildman–Crippen LogP) is 20.1. The van der Waals surface area contributed by atoms with E-state index >= 15 is 0 Å². The third-order valence-corrected chi connectivity index (χ3v) is 12.6. The van der Waals surface area contributed by atoms with Gasteiger partial charge in [-0.3, -0.25) is 4.52 Å². The van der Waals surface area contributed by atoms with Gasteiger partial charge in [-0.1, -0.05) is 140 Å². The van der Waals surface area contributed by atoms with Gasteiger partial charge >= 0.3 is 7.82 Å². The first-order valence-electron chi connectivity index (χ1n) is 25.3. The van der Waals surface area contributed by atoms with E-state index in [1.807, 2.05) is 6.92 Å². The molecule has 0 aliphatic heterocycles. The number of allylic oxidation sites excluding steroid dienone is 23. The first-order chi connectivity index (χ1) is 30.7. The highest BCUT2D eigenvalue weighted by Crippen LogP contribution is 2.35. The van der Waals surface area contributed by atoms with E-state index in [4.69, 9.17) is 9.79 Å². The largest absolute Gasteiger partial charge is 0.469 e. The minimum atomic E-state index is -4.40. The molecular formula is C60H99O4P. The summed E-state index contributed by atoms with van der Waals surface area (Å²) >= 11 is 0. The summed E-state index contributed by atoms with van der Waals surface area (Å²) in [4.78, 5) is 17.6. The van der Waals surface area contributed by atoms with E-state index in [0.717, 1.165) is 121 Å². The lowest BCUT2D eigenvalue weighted by Crippen LogP contribution is -1.89. The van der Waals surface area contributed by atoms with Crippen molar-refractivity contribution in [3.05, 3.63) is 140 Å². The second kappa shape index (κ2) is 39.0. The Labute approximate surface area is 402 Å². The van der Waals surface area contributed by atoms with Crippen molar-refractivity contribution >= 4 is 7.82 Å². The Morgan fingerprint density at radius 1 is 0.292 bits per heavy atom. The molecule has 0 aromatic heterocycles. The zero-order chi connectivity index (χ0) is 48.9. The number of hydrogen-bond donors (Lipinski definition) is 2. The molecule has 0 saturated heterocycles. The molecule has 0 radical (unpaired) electrons. The van der Waals surface area contributed by atoms with Crippen molar-refractivity contribution in [3.8, 4) is 0 Å². The lowest BCUT2D eigenvalue weighted by molar-refractivity contribution is 0.215. The molecule has 5 heteroatoms.